The van der Waals surface area contributed by atoms with E-state index in [4.69, 9.17) is 4.74 Å². The third kappa shape index (κ3) is 4.46. The Morgan fingerprint density at radius 2 is 2.00 bits per heavy atom. The zero-order valence-corrected chi connectivity index (χ0v) is 16.9. The van der Waals surface area contributed by atoms with Crippen LogP contribution in [0, 0.1) is 23.7 Å². The van der Waals surface area contributed by atoms with Gasteiger partial charge in [0.05, 0.1) is 6.10 Å². The average molecular weight is 363 g/mol. The lowest BCUT2D eigenvalue weighted by Crippen LogP contribution is -2.44. The summed E-state index contributed by atoms with van der Waals surface area (Å²) in [5.74, 6) is 0.172. The van der Waals surface area contributed by atoms with E-state index < -0.39 is 11.7 Å². The predicted molar refractivity (Wildman–Crippen MR) is 102 cm³/mol. The van der Waals surface area contributed by atoms with Crippen LogP contribution in [-0.4, -0.2) is 28.6 Å². The predicted octanol–water partition coefficient (Wildman–Crippen LogP) is 4.22. The molecule has 0 saturated heterocycles. The molecule has 1 fully saturated rings. The van der Waals surface area contributed by atoms with E-state index in [9.17, 15) is 14.7 Å². The quantitative estimate of drug-likeness (QED) is 0.567. The Balaban J connectivity index is 2.25. The van der Waals surface area contributed by atoms with Gasteiger partial charge in [-0.2, -0.15) is 0 Å². The number of rotatable bonds is 6. The summed E-state index contributed by atoms with van der Waals surface area (Å²) in [6.07, 6.45) is 4.65. The van der Waals surface area contributed by atoms with Gasteiger partial charge in [0.25, 0.3) is 0 Å². The fraction of sp³-hybridized carbons (Fsp3) is 0.727. The largest absolute Gasteiger partial charge is 0.459 e. The molecule has 5 atom stereocenters. The zero-order chi connectivity index (χ0) is 19.6. The maximum absolute atomic E-state index is 12.3. The van der Waals surface area contributed by atoms with Crippen LogP contribution in [0.15, 0.2) is 23.8 Å². The minimum absolute atomic E-state index is 0.0232. The number of aliphatic hydroxyl groups excluding tert-OH is 1. The molecule has 4 nitrogen and oxygen atoms in total. The van der Waals surface area contributed by atoms with Crippen molar-refractivity contribution in [3.8, 4) is 0 Å². The normalized spacial score (nSPS) is 32.7. The van der Waals surface area contributed by atoms with Crippen molar-refractivity contribution in [2.24, 2.45) is 23.7 Å². The number of Topliss-reactive ketones (excluding diaryl/α,β-unsaturated/α-hetero) is 1. The molecule has 2 aliphatic rings. The van der Waals surface area contributed by atoms with Crippen LogP contribution in [-0.2, 0) is 14.3 Å². The second-order valence-corrected chi connectivity index (χ2v) is 8.83. The van der Waals surface area contributed by atoms with Crippen molar-refractivity contribution in [1.29, 1.82) is 0 Å². The molecule has 4 heteroatoms. The monoisotopic (exact) mass is 362 g/mol. The summed E-state index contributed by atoms with van der Waals surface area (Å²) in [6.45, 7) is 13.7. The number of esters is 1. The van der Waals surface area contributed by atoms with Gasteiger partial charge in [-0.15, -0.1) is 0 Å². The number of allylic oxidation sites excluding steroid dienone is 2. The summed E-state index contributed by atoms with van der Waals surface area (Å²) in [5, 5.41) is 11.2. The van der Waals surface area contributed by atoms with Crippen LogP contribution >= 0.6 is 0 Å². The number of ether oxygens (including phenoxy) is 1. The van der Waals surface area contributed by atoms with E-state index in [1.165, 1.54) is 6.92 Å². The Labute approximate surface area is 157 Å². The summed E-state index contributed by atoms with van der Waals surface area (Å²) >= 11 is 0. The Morgan fingerprint density at radius 3 is 2.58 bits per heavy atom. The van der Waals surface area contributed by atoms with Crippen molar-refractivity contribution in [2.75, 3.05) is 0 Å². The van der Waals surface area contributed by atoms with Crippen molar-refractivity contribution in [2.45, 2.75) is 78.4 Å². The van der Waals surface area contributed by atoms with Crippen LogP contribution in [0.4, 0.5) is 0 Å². The van der Waals surface area contributed by atoms with Crippen LogP contribution in [0.3, 0.4) is 0 Å². The van der Waals surface area contributed by atoms with Crippen LogP contribution in [0.25, 0.3) is 0 Å². The number of fused-ring (bicyclic) bond motifs is 1. The smallest absolute Gasteiger partial charge is 0.303 e. The first-order valence-electron chi connectivity index (χ1n) is 9.82. The van der Waals surface area contributed by atoms with Crippen molar-refractivity contribution in [1.82, 2.24) is 0 Å². The van der Waals surface area contributed by atoms with Gasteiger partial charge in [0.2, 0.25) is 0 Å². The Kier molecular flexibility index (Phi) is 6.49. The molecule has 26 heavy (non-hydrogen) atoms. The first kappa shape index (κ1) is 20.9. The van der Waals surface area contributed by atoms with E-state index >= 15 is 0 Å². The second kappa shape index (κ2) is 8.08. The molecule has 0 aliphatic heterocycles. The minimum atomic E-state index is -0.715. The molecule has 0 aromatic heterocycles. The summed E-state index contributed by atoms with van der Waals surface area (Å²) < 4.78 is 5.67. The fourth-order valence-corrected chi connectivity index (χ4v) is 4.89. The molecule has 0 aromatic carbocycles. The Hall–Kier alpha value is -1.42. The van der Waals surface area contributed by atoms with E-state index in [1.54, 1.807) is 0 Å². The van der Waals surface area contributed by atoms with E-state index in [0.29, 0.717) is 25.2 Å². The second-order valence-electron chi connectivity index (χ2n) is 8.83. The lowest BCUT2D eigenvalue weighted by Gasteiger charge is -2.38. The lowest BCUT2D eigenvalue weighted by atomic mass is 9.76. The van der Waals surface area contributed by atoms with Gasteiger partial charge >= 0.3 is 5.97 Å². The molecular formula is C22H34O4. The van der Waals surface area contributed by atoms with E-state index in [0.717, 1.165) is 24.0 Å². The molecule has 1 saturated carbocycles. The molecule has 0 amide bonds. The van der Waals surface area contributed by atoms with E-state index in [-0.39, 0.29) is 29.5 Å². The molecule has 0 heterocycles. The Bertz CT molecular complexity index is 603. The molecule has 0 spiro atoms. The highest BCUT2D eigenvalue weighted by Crippen LogP contribution is 2.51. The summed E-state index contributed by atoms with van der Waals surface area (Å²) in [5.41, 5.74) is 1.29. The van der Waals surface area contributed by atoms with Gasteiger partial charge in [-0.1, -0.05) is 39.0 Å². The van der Waals surface area contributed by atoms with Gasteiger partial charge < -0.3 is 9.84 Å². The number of aliphatic hydroxyl groups is 1. The topological polar surface area (TPSA) is 63.6 Å². The molecule has 2 rings (SSSR count). The van der Waals surface area contributed by atoms with Gasteiger partial charge in [-0.25, -0.2) is 0 Å². The SMILES string of the molecule is C=C1CC=C([C@@H](C)CC(=O)CC(C)C)[C@H](O)[C@@H]2[C@@H]1CC[C@@]2(C)OC(C)=O. The van der Waals surface area contributed by atoms with Gasteiger partial charge in [0, 0.05) is 25.7 Å². The molecular weight excluding hydrogens is 328 g/mol. The number of carbonyl (C=O) groups excluding carboxylic acids is 2. The molecule has 1 N–H and O–H groups in total. The van der Waals surface area contributed by atoms with Crippen molar-refractivity contribution >= 4 is 11.8 Å². The molecule has 2 aliphatic carbocycles. The molecule has 146 valence electrons. The molecule has 0 unspecified atom stereocenters. The van der Waals surface area contributed by atoms with Gasteiger partial charge in [-0.3, -0.25) is 9.59 Å². The average Bonchev–Trinajstić information content (AvgIpc) is 2.75. The van der Waals surface area contributed by atoms with Gasteiger partial charge in [0.1, 0.15) is 11.4 Å². The van der Waals surface area contributed by atoms with Gasteiger partial charge in [0.15, 0.2) is 0 Å². The Morgan fingerprint density at radius 1 is 1.35 bits per heavy atom. The molecule has 0 aromatic rings. The van der Waals surface area contributed by atoms with Crippen LogP contribution in [0.2, 0.25) is 0 Å². The lowest BCUT2D eigenvalue weighted by molar-refractivity contribution is -0.163. The number of carbonyl (C=O) groups is 2. The highest BCUT2D eigenvalue weighted by molar-refractivity contribution is 5.79. The number of hydrogen-bond acceptors (Lipinski definition) is 4. The first-order chi connectivity index (χ1) is 12.0. The number of hydrogen-bond donors (Lipinski definition) is 1. The maximum Gasteiger partial charge on any atom is 0.303 e. The highest BCUT2D eigenvalue weighted by atomic mass is 16.6. The standard InChI is InChI=1S/C22H34O4/c1-13(2)11-17(24)12-15(4)19-8-7-14(3)18-9-10-22(6,26-16(5)23)20(18)21(19)25/h8,13,15,18,20-21,25H,3,7,9-12H2,1-2,4-6H3/t15-,18+,20-,21-,22+/m0/s1. The summed E-state index contributed by atoms with van der Waals surface area (Å²) in [7, 11) is 0. The first-order valence-corrected chi connectivity index (χ1v) is 9.82. The number of ketones is 1. The van der Waals surface area contributed by atoms with Crippen LogP contribution in [0.1, 0.15) is 66.7 Å². The van der Waals surface area contributed by atoms with E-state index in [1.807, 2.05) is 33.8 Å². The van der Waals surface area contributed by atoms with Crippen LogP contribution < -0.4 is 0 Å². The third-order valence-corrected chi connectivity index (χ3v) is 6.01. The maximum atomic E-state index is 12.3. The highest BCUT2D eigenvalue weighted by Gasteiger charge is 2.53. The van der Waals surface area contributed by atoms with Crippen molar-refractivity contribution < 1.29 is 19.4 Å². The van der Waals surface area contributed by atoms with Gasteiger partial charge in [-0.05, 0) is 49.5 Å². The van der Waals surface area contributed by atoms with Crippen molar-refractivity contribution in [3.05, 3.63) is 23.8 Å². The summed E-state index contributed by atoms with van der Waals surface area (Å²) in [4.78, 5) is 23.9. The summed E-state index contributed by atoms with van der Waals surface area (Å²) in [6, 6.07) is 0. The van der Waals surface area contributed by atoms with E-state index in [2.05, 4.69) is 6.58 Å². The minimum Gasteiger partial charge on any atom is -0.459 e. The molecule has 0 bridgehead atoms. The van der Waals surface area contributed by atoms with Crippen molar-refractivity contribution in [3.63, 3.8) is 0 Å². The fourth-order valence-electron chi connectivity index (χ4n) is 4.89. The third-order valence-electron chi connectivity index (χ3n) is 6.01. The zero-order valence-electron chi connectivity index (χ0n) is 16.9. The molecule has 0 radical (unpaired) electrons. The van der Waals surface area contributed by atoms with Crippen LogP contribution in [0.5, 0.6) is 0 Å².